The van der Waals surface area contributed by atoms with Crippen LogP contribution in [0.4, 0.5) is 5.69 Å². The fourth-order valence-electron chi connectivity index (χ4n) is 2.70. The molecule has 0 atom stereocenters. The van der Waals surface area contributed by atoms with E-state index in [9.17, 15) is 9.90 Å². The zero-order chi connectivity index (χ0) is 13.9. The third kappa shape index (κ3) is 2.41. The molecule has 0 spiro atoms. The first-order valence-corrected chi connectivity index (χ1v) is 6.89. The van der Waals surface area contributed by atoms with Crippen LogP contribution in [0.5, 0.6) is 5.75 Å². The van der Waals surface area contributed by atoms with Gasteiger partial charge in [0, 0.05) is 19.4 Å². The van der Waals surface area contributed by atoms with Crippen molar-refractivity contribution in [3.05, 3.63) is 47.9 Å². The van der Waals surface area contributed by atoms with Crippen molar-refractivity contribution in [3.8, 4) is 5.75 Å². The number of para-hydroxylation sites is 1. The van der Waals surface area contributed by atoms with Crippen molar-refractivity contribution in [1.82, 2.24) is 0 Å². The molecular weight excluding hydrogens is 254 g/mol. The van der Waals surface area contributed by atoms with Crippen molar-refractivity contribution in [1.29, 1.82) is 0 Å². The predicted molar refractivity (Wildman–Crippen MR) is 75.8 cm³/mol. The highest BCUT2D eigenvalue weighted by atomic mass is 16.3. The molecule has 20 heavy (non-hydrogen) atoms. The molecule has 0 saturated carbocycles. The van der Waals surface area contributed by atoms with Gasteiger partial charge in [0.2, 0.25) is 5.91 Å². The van der Waals surface area contributed by atoms with Crippen LogP contribution >= 0.6 is 0 Å². The first kappa shape index (κ1) is 12.8. The minimum absolute atomic E-state index is 0.0313. The van der Waals surface area contributed by atoms with Crippen LogP contribution in [0, 0.1) is 0 Å². The van der Waals surface area contributed by atoms with Gasteiger partial charge in [0.1, 0.15) is 11.5 Å². The summed E-state index contributed by atoms with van der Waals surface area (Å²) in [5.41, 5.74) is 1.73. The first-order valence-electron chi connectivity index (χ1n) is 6.89. The minimum atomic E-state index is 0.0313. The number of aryl methyl sites for hydroxylation is 2. The van der Waals surface area contributed by atoms with E-state index in [1.807, 2.05) is 24.3 Å². The van der Waals surface area contributed by atoms with Crippen LogP contribution < -0.4 is 4.90 Å². The van der Waals surface area contributed by atoms with Crippen LogP contribution in [0.1, 0.15) is 24.2 Å². The molecule has 0 bridgehead atoms. The van der Waals surface area contributed by atoms with Gasteiger partial charge in [0.25, 0.3) is 0 Å². The molecule has 1 aromatic carbocycles. The lowest BCUT2D eigenvalue weighted by Gasteiger charge is -2.30. The van der Waals surface area contributed by atoms with Gasteiger partial charge in [-0.3, -0.25) is 4.79 Å². The number of amides is 1. The van der Waals surface area contributed by atoms with Crippen molar-refractivity contribution < 1.29 is 14.3 Å². The Morgan fingerprint density at radius 1 is 1.30 bits per heavy atom. The molecule has 1 aliphatic rings. The summed E-state index contributed by atoms with van der Waals surface area (Å²) in [7, 11) is 0. The maximum Gasteiger partial charge on any atom is 0.227 e. The zero-order valence-electron chi connectivity index (χ0n) is 11.2. The monoisotopic (exact) mass is 271 g/mol. The molecular formula is C16H17NO3. The largest absolute Gasteiger partial charge is 0.506 e. The summed E-state index contributed by atoms with van der Waals surface area (Å²) >= 11 is 0. The standard InChI is InChI=1S/C16H17NO3/c18-14-7-1-4-12-5-2-10-17(16(12)14)15(19)9-8-13-6-3-11-20-13/h1,3-4,6-7,11,18H,2,5,8-10H2. The van der Waals surface area contributed by atoms with Crippen LogP contribution in [0.25, 0.3) is 0 Å². The summed E-state index contributed by atoms with van der Waals surface area (Å²) in [5.74, 6) is 1.03. The molecule has 0 saturated heterocycles. The number of carbonyl (C=O) groups excluding carboxylic acids is 1. The lowest BCUT2D eigenvalue weighted by atomic mass is 10.0. The first-order chi connectivity index (χ1) is 9.75. The molecule has 0 fully saturated rings. The Morgan fingerprint density at radius 2 is 2.20 bits per heavy atom. The fraction of sp³-hybridized carbons (Fsp3) is 0.312. The average Bonchev–Trinajstić information content (AvgIpc) is 2.98. The average molecular weight is 271 g/mol. The molecule has 1 N–H and O–H groups in total. The number of furan rings is 1. The maximum absolute atomic E-state index is 12.4. The predicted octanol–water partition coefficient (Wildman–Crippen LogP) is 2.90. The van der Waals surface area contributed by atoms with E-state index in [2.05, 4.69) is 0 Å². The summed E-state index contributed by atoms with van der Waals surface area (Å²) in [6.07, 6.45) is 4.43. The topological polar surface area (TPSA) is 53.7 Å². The quantitative estimate of drug-likeness (QED) is 0.933. The van der Waals surface area contributed by atoms with Crippen molar-refractivity contribution in [2.75, 3.05) is 11.4 Å². The molecule has 2 heterocycles. The van der Waals surface area contributed by atoms with Gasteiger partial charge < -0.3 is 14.4 Å². The van der Waals surface area contributed by atoms with E-state index in [4.69, 9.17) is 4.42 Å². The summed E-state index contributed by atoms with van der Waals surface area (Å²) in [5, 5.41) is 10.0. The number of carbonyl (C=O) groups is 1. The Morgan fingerprint density at radius 3 is 3.00 bits per heavy atom. The fourth-order valence-corrected chi connectivity index (χ4v) is 2.70. The molecule has 1 aromatic heterocycles. The number of nitrogens with zero attached hydrogens (tertiary/aromatic N) is 1. The second kappa shape index (κ2) is 5.41. The summed E-state index contributed by atoms with van der Waals surface area (Å²) in [4.78, 5) is 14.1. The van der Waals surface area contributed by atoms with Gasteiger partial charge in [-0.25, -0.2) is 0 Å². The summed E-state index contributed by atoms with van der Waals surface area (Å²) in [6, 6.07) is 9.12. The van der Waals surface area contributed by atoms with E-state index in [1.54, 1.807) is 17.2 Å². The van der Waals surface area contributed by atoms with Crippen molar-refractivity contribution in [2.24, 2.45) is 0 Å². The van der Waals surface area contributed by atoms with E-state index in [1.165, 1.54) is 0 Å². The number of fused-ring (bicyclic) bond motifs is 1. The van der Waals surface area contributed by atoms with Crippen LogP contribution in [0.15, 0.2) is 41.0 Å². The van der Waals surface area contributed by atoms with Gasteiger partial charge in [0.05, 0.1) is 12.0 Å². The smallest absolute Gasteiger partial charge is 0.227 e. The van der Waals surface area contributed by atoms with E-state index in [0.717, 1.165) is 24.2 Å². The minimum Gasteiger partial charge on any atom is -0.506 e. The van der Waals surface area contributed by atoms with Crippen LogP contribution in [0.3, 0.4) is 0 Å². The Bertz CT molecular complexity index is 604. The third-order valence-electron chi connectivity index (χ3n) is 3.66. The number of hydrogen-bond donors (Lipinski definition) is 1. The zero-order valence-corrected chi connectivity index (χ0v) is 11.2. The second-order valence-corrected chi connectivity index (χ2v) is 5.01. The Kier molecular flexibility index (Phi) is 3.46. The molecule has 0 radical (unpaired) electrons. The third-order valence-corrected chi connectivity index (χ3v) is 3.66. The Hall–Kier alpha value is -2.23. The molecule has 3 rings (SSSR count). The Balaban J connectivity index is 1.76. The van der Waals surface area contributed by atoms with Crippen LogP contribution in [-0.2, 0) is 17.6 Å². The van der Waals surface area contributed by atoms with Gasteiger partial charge >= 0.3 is 0 Å². The van der Waals surface area contributed by atoms with Crippen LogP contribution in [0.2, 0.25) is 0 Å². The molecule has 0 aliphatic carbocycles. The lowest BCUT2D eigenvalue weighted by molar-refractivity contribution is -0.118. The molecule has 0 unspecified atom stereocenters. The van der Waals surface area contributed by atoms with E-state index < -0.39 is 0 Å². The van der Waals surface area contributed by atoms with Gasteiger partial charge in [-0.15, -0.1) is 0 Å². The SMILES string of the molecule is O=C(CCc1ccco1)N1CCCc2cccc(O)c21. The van der Waals surface area contributed by atoms with E-state index in [0.29, 0.717) is 25.1 Å². The molecule has 1 amide bonds. The number of phenols is 1. The van der Waals surface area contributed by atoms with Crippen molar-refractivity contribution >= 4 is 11.6 Å². The highest BCUT2D eigenvalue weighted by Crippen LogP contribution is 2.35. The maximum atomic E-state index is 12.4. The van der Waals surface area contributed by atoms with Crippen LogP contribution in [-0.4, -0.2) is 17.6 Å². The van der Waals surface area contributed by atoms with E-state index in [-0.39, 0.29) is 11.7 Å². The highest BCUT2D eigenvalue weighted by Gasteiger charge is 2.25. The lowest BCUT2D eigenvalue weighted by Crippen LogP contribution is -2.35. The normalized spacial score (nSPS) is 14.1. The van der Waals surface area contributed by atoms with Gasteiger partial charge in [0.15, 0.2) is 0 Å². The van der Waals surface area contributed by atoms with Gasteiger partial charge in [-0.2, -0.15) is 0 Å². The molecule has 1 aliphatic heterocycles. The number of rotatable bonds is 3. The molecule has 2 aromatic rings. The highest BCUT2D eigenvalue weighted by molar-refractivity contribution is 5.96. The molecule has 4 nitrogen and oxygen atoms in total. The number of phenolic OH excluding ortho intramolecular Hbond substituents is 1. The molecule has 104 valence electrons. The van der Waals surface area contributed by atoms with Gasteiger partial charge in [-0.1, -0.05) is 12.1 Å². The Labute approximate surface area is 117 Å². The van der Waals surface area contributed by atoms with Crippen molar-refractivity contribution in [2.45, 2.75) is 25.7 Å². The van der Waals surface area contributed by atoms with E-state index >= 15 is 0 Å². The van der Waals surface area contributed by atoms with Gasteiger partial charge in [-0.05, 0) is 36.6 Å². The number of benzene rings is 1. The van der Waals surface area contributed by atoms with Crippen molar-refractivity contribution in [3.63, 3.8) is 0 Å². The summed E-state index contributed by atoms with van der Waals surface area (Å²) < 4.78 is 5.24. The second-order valence-electron chi connectivity index (χ2n) is 5.01. The molecule has 4 heteroatoms. The number of aromatic hydroxyl groups is 1. The summed E-state index contributed by atoms with van der Waals surface area (Å²) in [6.45, 7) is 0.668. The number of hydrogen-bond acceptors (Lipinski definition) is 3. The number of anilines is 1.